The highest BCUT2D eigenvalue weighted by Gasteiger charge is 2.34. The zero-order chi connectivity index (χ0) is 14.9. The van der Waals surface area contributed by atoms with Gasteiger partial charge in [0.05, 0.1) is 12.2 Å². The highest BCUT2D eigenvalue weighted by atomic mass is 16.3. The summed E-state index contributed by atoms with van der Waals surface area (Å²) in [5, 5.41) is 18.7. The van der Waals surface area contributed by atoms with Crippen LogP contribution in [0.5, 0.6) is 0 Å². The number of likely N-dealkylation sites (N-methyl/N-ethyl adjacent to an activating group) is 1. The molecule has 2 N–H and O–H groups in total. The predicted octanol–water partition coefficient (Wildman–Crippen LogP) is -1.78. The lowest BCUT2D eigenvalue weighted by atomic mass is 10.2. The Morgan fingerprint density at radius 3 is 2.35 bits per heavy atom. The maximum Gasteiger partial charge on any atom is 0.326 e. The summed E-state index contributed by atoms with van der Waals surface area (Å²) in [5.41, 5.74) is 0. The minimum Gasteiger partial charge on any atom is -0.388 e. The van der Waals surface area contributed by atoms with Crippen molar-refractivity contribution in [2.75, 3.05) is 33.2 Å². The van der Waals surface area contributed by atoms with E-state index in [1.54, 1.807) is 7.05 Å². The molecule has 2 atom stereocenters. The summed E-state index contributed by atoms with van der Waals surface area (Å²) in [6.45, 7) is 0.554. The van der Waals surface area contributed by atoms with Crippen LogP contribution in [0, 0.1) is 0 Å². The molecule has 0 unspecified atom stereocenters. The molecule has 2 fully saturated rings. The Morgan fingerprint density at radius 2 is 1.85 bits per heavy atom. The molecule has 2 aliphatic rings. The summed E-state index contributed by atoms with van der Waals surface area (Å²) in [6, 6.07) is -0.338. The smallest absolute Gasteiger partial charge is 0.326 e. The molecule has 0 aromatic rings. The van der Waals surface area contributed by atoms with Crippen LogP contribution < -0.4 is 0 Å². The molecular formula is C12H19N3O5. The standard InChI is InChI=1S/C12H19N3O5/c1-13-7-11(19)15(12(13)20)4-2-3-10(18)14-5-8(16)9(17)6-14/h8-9,16-17H,2-7H2,1H3/t8-,9+. The minimum atomic E-state index is -0.894. The molecule has 8 nitrogen and oxygen atoms in total. The second-order valence-electron chi connectivity index (χ2n) is 5.22. The largest absolute Gasteiger partial charge is 0.388 e. The molecule has 112 valence electrons. The van der Waals surface area contributed by atoms with Crippen LogP contribution in [-0.2, 0) is 9.59 Å². The topological polar surface area (TPSA) is 101 Å². The third kappa shape index (κ3) is 2.91. The van der Waals surface area contributed by atoms with Crippen molar-refractivity contribution >= 4 is 17.8 Å². The summed E-state index contributed by atoms with van der Waals surface area (Å²) < 4.78 is 0. The monoisotopic (exact) mass is 285 g/mol. The lowest BCUT2D eigenvalue weighted by molar-refractivity contribution is -0.131. The predicted molar refractivity (Wildman–Crippen MR) is 67.6 cm³/mol. The molecule has 8 heteroatoms. The van der Waals surface area contributed by atoms with E-state index >= 15 is 0 Å². The van der Waals surface area contributed by atoms with Gasteiger partial charge in [0.2, 0.25) is 11.8 Å². The van der Waals surface area contributed by atoms with Gasteiger partial charge in [-0.05, 0) is 6.42 Å². The van der Waals surface area contributed by atoms with Gasteiger partial charge in [-0.2, -0.15) is 0 Å². The molecule has 2 rings (SSSR count). The molecule has 0 radical (unpaired) electrons. The van der Waals surface area contributed by atoms with Crippen molar-refractivity contribution in [3.05, 3.63) is 0 Å². The van der Waals surface area contributed by atoms with Gasteiger partial charge >= 0.3 is 6.03 Å². The van der Waals surface area contributed by atoms with E-state index in [1.807, 2.05) is 0 Å². The molecule has 0 saturated carbocycles. The van der Waals surface area contributed by atoms with Crippen LogP contribution >= 0.6 is 0 Å². The Balaban J connectivity index is 1.75. The summed E-state index contributed by atoms with van der Waals surface area (Å²) >= 11 is 0. The molecule has 4 amide bonds. The number of amides is 4. The number of likely N-dealkylation sites (tertiary alicyclic amines) is 1. The first-order valence-corrected chi connectivity index (χ1v) is 6.59. The fraction of sp³-hybridized carbons (Fsp3) is 0.750. The van der Waals surface area contributed by atoms with Crippen molar-refractivity contribution in [3.63, 3.8) is 0 Å². The molecule has 0 aromatic heterocycles. The van der Waals surface area contributed by atoms with Gasteiger partial charge in [0, 0.05) is 33.1 Å². The number of aliphatic hydroxyl groups is 2. The molecule has 20 heavy (non-hydrogen) atoms. The van der Waals surface area contributed by atoms with Gasteiger partial charge < -0.3 is 20.0 Å². The number of carbonyl (C=O) groups excluding carboxylic acids is 3. The van der Waals surface area contributed by atoms with Crippen LogP contribution in [0.2, 0.25) is 0 Å². The van der Waals surface area contributed by atoms with Crippen molar-refractivity contribution in [3.8, 4) is 0 Å². The zero-order valence-corrected chi connectivity index (χ0v) is 11.4. The normalized spacial score (nSPS) is 26.9. The number of hydrogen-bond donors (Lipinski definition) is 2. The summed E-state index contributed by atoms with van der Waals surface area (Å²) in [4.78, 5) is 38.8. The average Bonchev–Trinajstić information content (AvgIpc) is 2.84. The van der Waals surface area contributed by atoms with E-state index in [1.165, 1.54) is 9.80 Å². The van der Waals surface area contributed by atoms with E-state index < -0.39 is 12.2 Å². The Kier molecular flexibility index (Phi) is 4.24. The first kappa shape index (κ1) is 14.7. The zero-order valence-electron chi connectivity index (χ0n) is 11.4. The molecule has 0 bridgehead atoms. The Hall–Kier alpha value is -1.67. The summed E-state index contributed by atoms with van der Waals surface area (Å²) in [6.07, 6.45) is -1.23. The average molecular weight is 285 g/mol. The van der Waals surface area contributed by atoms with E-state index in [-0.39, 0.29) is 50.4 Å². The Morgan fingerprint density at radius 1 is 1.25 bits per heavy atom. The molecular weight excluding hydrogens is 266 g/mol. The number of rotatable bonds is 4. The van der Waals surface area contributed by atoms with Crippen LogP contribution in [-0.4, -0.2) is 88.2 Å². The van der Waals surface area contributed by atoms with E-state index in [2.05, 4.69) is 0 Å². The lowest BCUT2D eigenvalue weighted by Crippen LogP contribution is -2.34. The third-order valence-electron chi connectivity index (χ3n) is 3.62. The number of hydrogen-bond acceptors (Lipinski definition) is 5. The van der Waals surface area contributed by atoms with Crippen molar-refractivity contribution < 1.29 is 24.6 Å². The van der Waals surface area contributed by atoms with E-state index in [4.69, 9.17) is 0 Å². The first-order valence-electron chi connectivity index (χ1n) is 6.59. The van der Waals surface area contributed by atoms with Gasteiger partial charge in [0.1, 0.15) is 6.54 Å². The van der Waals surface area contributed by atoms with E-state index in [0.717, 1.165) is 4.90 Å². The SMILES string of the molecule is CN1CC(=O)N(CCCC(=O)N2C[C@@H](O)[C@@H](O)C2)C1=O. The maximum atomic E-state index is 11.8. The van der Waals surface area contributed by atoms with Crippen LogP contribution in [0.3, 0.4) is 0 Å². The molecule has 2 heterocycles. The first-order chi connectivity index (χ1) is 9.40. The molecule has 2 saturated heterocycles. The van der Waals surface area contributed by atoms with Gasteiger partial charge in [-0.3, -0.25) is 14.5 Å². The second-order valence-corrected chi connectivity index (χ2v) is 5.22. The van der Waals surface area contributed by atoms with Crippen LogP contribution in [0.4, 0.5) is 4.79 Å². The van der Waals surface area contributed by atoms with Gasteiger partial charge in [0.25, 0.3) is 0 Å². The van der Waals surface area contributed by atoms with E-state index in [0.29, 0.717) is 6.42 Å². The summed E-state index contributed by atoms with van der Waals surface area (Å²) in [7, 11) is 1.55. The third-order valence-corrected chi connectivity index (χ3v) is 3.62. The highest BCUT2D eigenvalue weighted by molar-refractivity contribution is 6.01. The van der Waals surface area contributed by atoms with Crippen LogP contribution in [0.25, 0.3) is 0 Å². The summed E-state index contributed by atoms with van der Waals surface area (Å²) in [5.74, 6) is -0.440. The molecule has 0 spiro atoms. The van der Waals surface area contributed by atoms with Gasteiger partial charge in [-0.25, -0.2) is 4.79 Å². The van der Waals surface area contributed by atoms with E-state index in [9.17, 15) is 24.6 Å². The number of aliphatic hydroxyl groups excluding tert-OH is 2. The van der Waals surface area contributed by atoms with Crippen molar-refractivity contribution in [1.82, 2.24) is 14.7 Å². The highest BCUT2D eigenvalue weighted by Crippen LogP contribution is 2.13. The van der Waals surface area contributed by atoms with Gasteiger partial charge in [-0.1, -0.05) is 0 Å². The van der Waals surface area contributed by atoms with Crippen LogP contribution in [0.1, 0.15) is 12.8 Å². The molecule has 0 aliphatic carbocycles. The molecule has 0 aromatic carbocycles. The fourth-order valence-corrected chi connectivity index (χ4v) is 2.41. The Labute approximate surface area is 116 Å². The quantitative estimate of drug-likeness (QED) is 0.595. The van der Waals surface area contributed by atoms with Crippen LogP contribution in [0.15, 0.2) is 0 Å². The van der Waals surface area contributed by atoms with Crippen molar-refractivity contribution in [2.24, 2.45) is 0 Å². The number of carbonyl (C=O) groups is 3. The fourth-order valence-electron chi connectivity index (χ4n) is 2.41. The van der Waals surface area contributed by atoms with Gasteiger partial charge in [-0.15, -0.1) is 0 Å². The van der Waals surface area contributed by atoms with Crippen molar-refractivity contribution in [2.45, 2.75) is 25.0 Å². The van der Waals surface area contributed by atoms with Gasteiger partial charge in [0.15, 0.2) is 0 Å². The number of β-amino-alcohol motifs (C(OH)–C–C–N with tert-alkyl or cyclic N) is 2. The number of imide groups is 1. The second kappa shape index (κ2) is 5.76. The minimum absolute atomic E-state index is 0.0806. The lowest BCUT2D eigenvalue weighted by Gasteiger charge is -2.17. The van der Waals surface area contributed by atoms with Crippen molar-refractivity contribution in [1.29, 1.82) is 0 Å². The molecule has 2 aliphatic heterocycles. The number of urea groups is 1. The maximum absolute atomic E-state index is 11.8. The Bertz CT molecular complexity index is 417. The number of nitrogens with zero attached hydrogens (tertiary/aromatic N) is 3.